The quantitative estimate of drug-likeness (QED) is 0.898. The van der Waals surface area contributed by atoms with Crippen LogP contribution in [0, 0.1) is 5.82 Å². The molecule has 0 heterocycles. The van der Waals surface area contributed by atoms with Crippen LogP contribution < -0.4 is 11.1 Å². The summed E-state index contributed by atoms with van der Waals surface area (Å²) in [5.41, 5.74) is 5.61. The van der Waals surface area contributed by atoms with Crippen molar-refractivity contribution in [2.45, 2.75) is 32.2 Å². The molecule has 3 nitrogen and oxygen atoms in total. The number of hydrogen-bond donors (Lipinski definition) is 2. The Kier molecular flexibility index (Phi) is 4.65. The van der Waals surface area contributed by atoms with Crippen molar-refractivity contribution in [2.75, 3.05) is 5.32 Å². The fourth-order valence-electron chi connectivity index (χ4n) is 1.41. The maximum absolute atomic E-state index is 12.9. The number of carbonyl (C=O) groups excluding carboxylic acids is 1. The van der Waals surface area contributed by atoms with Gasteiger partial charge in [0.15, 0.2) is 0 Å². The topological polar surface area (TPSA) is 55.1 Å². The number of halogens is 2. The molecule has 0 bridgehead atoms. The van der Waals surface area contributed by atoms with Crippen LogP contribution in [0.5, 0.6) is 0 Å². The lowest BCUT2D eigenvalue weighted by Crippen LogP contribution is -2.50. The number of hydrogen-bond acceptors (Lipinski definition) is 2. The van der Waals surface area contributed by atoms with Crippen molar-refractivity contribution in [2.24, 2.45) is 5.73 Å². The number of rotatable bonds is 4. The largest absolute Gasteiger partial charge is 0.323 e. The molecule has 1 amide bonds. The Hall–Kier alpha value is -0.940. The Balaban J connectivity index is 2.88. The third kappa shape index (κ3) is 3.26. The molecule has 0 aliphatic rings. The molecule has 0 saturated carbocycles. The van der Waals surface area contributed by atoms with Crippen LogP contribution in [0.1, 0.15) is 26.7 Å². The maximum atomic E-state index is 12.9. The Morgan fingerprint density at radius 1 is 1.47 bits per heavy atom. The van der Waals surface area contributed by atoms with E-state index in [1.54, 1.807) is 0 Å². The summed E-state index contributed by atoms with van der Waals surface area (Å²) in [5.74, 6) is -0.616. The summed E-state index contributed by atoms with van der Waals surface area (Å²) >= 11 is 3.19. The van der Waals surface area contributed by atoms with Crippen LogP contribution in [0.4, 0.5) is 10.1 Å². The second-order valence-electron chi connectivity index (χ2n) is 3.94. The van der Waals surface area contributed by atoms with E-state index in [4.69, 9.17) is 5.73 Å². The number of carbonyl (C=O) groups is 1. The zero-order valence-corrected chi connectivity index (χ0v) is 11.5. The summed E-state index contributed by atoms with van der Waals surface area (Å²) < 4.78 is 13.4. The minimum atomic E-state index is -0.881. The van der Waals surface area contributed by atoms with Crippen molar-refractivity contribution < 1.29 is 9.18 Å². The van der Waals surface area contributed by atoms with Crippen molar-refractivity contribution in [1.29, 1.82) is 0 Å². The summed E-state index contributed by atoms with van der Waals surface area (Å²) in [7, 11) is 0. The minimum Gasteiger partial charge on any atom is -0.323 e. The smallest absolute Gasteiger partial charge is 0.244 e. The molecule has 0 radical (unpaired) electrons. The Bertz CT molecular complexity index is 419. The van der Waals surface area contributed by atoms with E-state index in [1.165, 1.54) is 18.2 Å². The zero-order valence-electron chi connectivity index (χ0n) is 9.89. The third-order valence-electron chi connectivity index (χ3n) is 2.89. The van der Waals surface area contributed by atoms with Crippen LogP contribution in [-0.2, 0) is 4.79 Å². The molecule has 0 aliphatic heterocycles. The van der Waals surface area contributed by atoms with Crippen molar-refractivity contribution in [3.05, 3.63) is 28.5 Å². The number of nitrogens with one attached hydrogen (secondary N) is 1. The molecule has 3 N–H and O–H groups in total. The van der Waals surface area contributed by atoms with Gasteiger partial charge >= 0.3 is 0 Å². The first-order valence-corrected chi connectivity index (χ1v) is 6.27. The molecule has 17 heavy (non-hydrogen) atoms. The van der Waals surface area contributed by atoms with Gasteiger partial charge in [-0.2, -0.15) is 0 Å². The van der Waals surface area contributed by atoms with Crippen LogP contribution in [0.2, 0.25) is 0 Å². The van der Waals surface area contributed by atoms with Crippen molar-refractivity contribution >= 4 is 27.5 Å². The van der Waals surface area contributed by atoms with Gasteiger partial charge in [-0.1, -0.05) is 13.8 Å². The normalized spacial score (nSPS) is 11.4. The Morgan fingerprint density at radius 2 is 2.06 bits per heavy atom. The number of amides is 1. The van der Waals surface area contributed by atoms with E-state index in [9.17, 15) is 9.18 Å². The van der Waals surface area contributed by atoms with Gasteiger partial charge in [-0.25, -0.2) is 4.39 Å². The van der Waals surface area contributed by atoms with Gasteiger partial charge in [-0.15, -0.1) is 0 Å². The molecule has 1 aromatic rings. The monoisotopic (exact) mass is 302 g/mol. The summed E-state index contributed by atoms with van der Waals surface area (Å²) in [4.78, 5) is 12.0. The summed E-state index contributed by atoms with van der Waals surface area (Å²) in [6, 6.07) is 4.09. The predicted molar refractivity (Wildman–Crippen MR) is 70.2 cm³/mol. The van der Waals surface area contributed by atoms with E-state index in [0.717, 1.165) is 0 Å². The zero-order chi connectivity index (χ0) is 13.1. The molecular formula is C12H16BrFN2O. The molecule has 0 aromatic heterocycles. The standard InChI is InChI=1S/C12H16BrFN2O/c1-3-12(15,4-2)11(17)16-10-6-5-8(14)7-9(10)13/h5-7H,3-4,15H2,1-2H3,(H,16,17). The summed E-state index contributed by atoms with van der Waals surface area (Å²) in [6.45, 7) is 3.73. The highest BCUT2D eigenvalue weighted by Crippen LogP contribution is 2.24. The fourth-order valence-corrected chi connectivity index (χ4v) is 1.86. The van der Waals surface area contributed by atoms with E-state index in [1.807, 2.05) is 13.8 Å². The lowest BCUT2D eigenvalue weighted by Gasteiger charge is -2.25. The van der Waals surface area contributed by atoms with Gasteiger partial charge in [0.05, 0.1) is 11.2 Å². The molecule has 94 valence electrons. The predicted octanol–water partition coefficient (Wildman–Crippen LogP) is 3.04. The van der Waals surface area contributed by atoms with E-state index >= 15 is 0 Å². The van der Waals surface area contributed by atoms with E-state index in [-0.39, 0.29) is 11.7 Å². The molecular weight excluding hydrogens is 287 g/mol. The second kappa shape index (κ2) is 5.60. The van der Waals surface area contributed by atoms with E-state index in [0.29, 0.717) is 23.0 Å². The molecule has 0 fully saturated rings. The Labute approximate surface area is 109 Å². The maximum Gasteiger partial charge on any atom is 0.244 e. The van der Waals surface area contributed by atoms with Crippen LogP contribution >= 0.6 is 15.9 Å². The number of nitrogens with two attached hydrogens (primary N) is 1. The lowest BCUT2D eigenvalue weighted by atomic mass is 9.93. The first-order valence-electron chi connectivity index (χ1n) is 5.48. The highest BCUT2D eigenvalue weighted by Gasteiger charge is 2.30. The second-order valence-corrected chi connectivity index (χ2v) is 4.80. The van der Waals surface area contributed by atoms with Crippen LogP contribution in [-0.4, -0.2) is 11.4 Å². The molecule has 0 atom stereocenters. The summed E-state index contributed by atoms with van der Waals surface area (Å²) in [5, 5.41) is 2.70. The minimum absolute atomic E-state index is 0.255. The SMILES string of the molecule is CCC(N)(CC)C(=O)Nc1ccc(F)cc1Br. The van der Waals surface area contributed by atoms with Gasteiger partial charge < -0.3 is 11.1 Å². The molecule has 1 aromatic carbocycles. The fraction of sp³-hybridized carbons (Fsp3) is 0.417. The van der Waals surface area contributed by atoms with Crippen LogP contribution in [0.25, 0.3) is 0 Å². The highest BCUT2D eigenvalue weighted by molar-refractivity contribution is 9.10. The molecule has 0 aliphatic carbocycles. The van der Waals surface area contributed by atoms with Crippen molar-refractivity contribution in [3.8, 4) is 0 Å². The van der Waals surface area contributed by atoms with Gasteiger partial charge in [0.25, 0.3) is 0 Å². The van der Waals surface area contributed by atoms with Crippen molar-refractivity contribution in [1.82, 2.24) is 0 Å². The number of benzene rings is 1. The molecule has 5 heteroatoms. The van der Waals surface area contributed by atoms with E-state index in [2.05, 4.69) is 21.2 Å². The number of anilines is 1. The van der Waals surface area contributed by atoms with Gasteiger partial charge in [0.1, 0.15) is 5.82 Å². The van der Waals surface area contributed by atoms with Gasteiger partial charge in [-0.3, -0.25) is 4.79 Å². The first kappa shape index (κ1) is 14.1. The van der Waals surface area contributed by atoms with Crippen LogP contribution in [0.15, 0.2) is 22.7 Å². The van der Waals surface area contributed by atoms with Gasteiger partial charge in [0.2, 0.25) is 5.91 Å². The molecule has 1 rings (SSSR count). The summed E-state index contributed by atoms with van der Waals surface area (Å²) in [6.07, 6.45) is 1.10. The van der Waals surface area contributed by atoms with Crippen molar-refractivity contribution in [3.63, 3.8) is 0 Å². The molecule has 0 unspecified atom stereocenters. The average molecular weight is 303 g/mol. The van der Waals surface area contributed by atoms with Gasteiger partial charge in [-0.05, 0) is 47.0 Å². The van der Waals surface area contributed by atoms with E-state index < -0.39 is 5.54 Å². The highest BCUT2D eigenvalue weighted by atomic mass is 79.9. The molecule has 0 spiro atoms. The lowest BCUT2D eigenvalue weighted by molar-refractivity contribution is -0.121. The first-order chi connectivity index (χ1) is 7.92. The third-order valence-corrected chi connectivity index (χ3v) is 3.55. The Morgan fingerprint density at radius 3 is 2.53 bits per heavy atom. The molecule has 0 saturated heterocycles. The average Bonchev–Trinajstić information content (AvgIpc) is 2.31. The van der Waals surface area contributed by atoms with Crippen LogP contribution in [0.3, 0.4) is 0 Å². The van der Waals surface area contributed by atoms with Gasteiger partial charge in [0, 0.05) is 4.47 Å².